The normalized spacial score (nSPS) is 21.7. The minimum Gasteiger partial charge on any atom is -0.311 e. The van der Waals surface area contributed by atoms with Crippen molar-refractivity contribution in [1.82, 2.24) is 14.8 Å². The summed E-state index contributed by atoms with van der Waals surface area (Å²) in [5, 5.41) is 2.81. The molecule has 3 heterocycles. The van der Waals surface area contributed by atoms with Crippen LogP contribution in [0.25, 0.3) is 0 Å². The molecule has 2 atom stereocenters. The molecule has 0 aliphatic carbocycles. The van der Waals surface area contributed by atoms with Crippen LogP contribution in [0.1, 0.15) is 51.7 Å². The lowest BCUT2D eigenvalue weighted by molar-refractivity contribution is -0.137. The van der Waals surface area contributed by atoms with Crippen LogP contribution in [0.5, 0.6) is 0 Å². The van der Waals surface area contributed by atoms with Gasteiger partial charge in [0.25, 0.3) is 5.91 Å². The predicted molar refractivity (Wildman–Crippen MR) is 148 cm³/mol. The molecule has 0 saturated carbocycles. The van der Waals surface area contributed by atoms with Gasteiger partial charge in [0.2, 0.25) is 5.91 Å². The zero-order valence-corrected chi connectivity index (χ0v) is 23.9. The van der Waals surface area contributed by atoms with Crippen molar-refractivity contribution in [3.05, 3.63) is 47.7 Å². The largest absolute Gasteiger partial charge is 0.416 e. The lowest BCUT2D eigenvalue weighted by atomic mass is 9.92. The van der Waals surface area contributed by atoms with Gasteiger partial charge in [0.15, 0.2) is 0 Å². The SMILES string of the molecule is CC1CC(C)CN(CCC(=O)Nc2cc(CN3C(=O)N(c4ccc(C(F)(F)F)cc4S)C(=O)C3(C)C)ccn2)C1. The summed E-state index contributed by atoms with van der Waals surface area (Å²) in [5.41, 5.74) is -1.61. The Morgan fingerprint density at radius 1 is 1.12 bits per heavy atom. The number of rotatable bonds is 7. The molecular weight excluding hydrogens is 543 g/mol. The number of carbonyl (C=O) groups is 3. The number of hydrogen-bond donors (Lipinski definition) is 2. The van der Waals surface area contributed by atoms with Gasteiger partial charge in [-0.1, -0.05) is 13.8 Å². The molecule has 1 aromatic heterocycles. The van der Waals surface area contributed by atoms with E-state index in [1.807, 2.05) is 0 Å². The van der Waals surface area contributed by atoms with Gasteiger partial charge < -0.3 is 15.1 Å². The number of pyridine rings is 1. The number of urea groups is 1. The molecule has 2 aliphatic rings. The minimum absolute atomic E-state index is 0.0194. The predicted octanol–water partition coefficient (Wildman–Crippen LogP) is 5.44. The summed E-state index contributed by atoms with van der Waals surface area (Å²) in [4.78, 5) is 47.8. The highest BCUT2D eigenvalue weighted by Crippen LogP contribution is 2.39. The van der Waals surface area contributed by atoms with Gasteiger partial charge in [-0.2, -0.15) is 13.2 Å². The number of nitrogens with zero attached hydrogens (tertiary/aromatic N) is 4. The topological polar surface area (TPSA) is 85.9 Å². The molecule has 1 N–H and O–H groups in total. The zero-order chi connectivity index (χ0) is 29.4. The number of anilines is 2. The number of halogens is 3. The van der Waals surface area contributed by atoms with E-state index in [0.717, 1.165) is 36.2 Å². The zero-order valence-electron chi connectivity index (χ0n) is 23.0. The van der Waals surface area contributed by atoms with Gasteiger partial charge in [-0.05, 0) is 68.0 Å². The van der Waals surface area contributed by atoms with E-state index in [2.05, 4.69) is 41.7 Å². The molecule has 0 radical (unpaired) electrons. The highest BCUT2D eigenvalue weighted by atomic mass is 32.1. The maximum Gasteiger partial charge on any atom is 0.416 e. The van der Waals surface area contributed by atoms with Crippen LogP contribution >= 0.6 is 12.6 Å². The third kappa shape index (κ3) is 6.43. The molecule has 2 aromatic rings. The van der Waals surface area contributed by atoms with Crippen LogP contribution in [-0.2, 0) is 22.3 Å². The minimum atomic E-state index is -4.58. The smallest absolute Gasteiger partial charge is 0.311 e. The summed E-state index contributed by atoms with van der Waals surface area (Å²) >= 11 is 4.13. The highest BCUT2D eigenvalue weighted by Gasteiger charge is 2.52. The van der Waals surface area contributed by atoms with Crippen LogP contribution in [0.2, 0.25) is 0 Å². The summed E-state index contributed by atoms with van der Waals surface area (Å²) in [6.45, 7) is 10.2. The third-order valence-electron chi connectivity index (χ3n) is 7.40. The maximum atomic E-state index is 13.4. The second kappa shape index (κ2) is 11.4. The Labute approximate surface area is 237 Å². The molecule has 2 saturated heterocycles. The maximum absolute atomic E-state index is 13.4. The Balaban J connectivity index is 1.44. The highest BCUT2D eigenvalue weighted by molar-refractivity contribution is 7.80. The summed E-state index contributed by atoms with van der Waals surface area (Å²) < 4.78 is 39.3. The molecule has 40 heavy (non-hydrogen) atoms. The molecule has 8 nitrogen and oxygen atoms in total. The first-order valence-corrected chi connectivity index (χ1v) is 13.6. The summed E-state index contributed by atoms with van der Waals surface area (Å²) in [7, 11) is 0. The van der Waals surface area contributed by atoms with E-state index in [0.29, 0.717) is 36.2 Å². The fourth-order valence-corrected chi connectivity index (χ4v) is 5.78. The number of aromatic nitrogens is 1. The molecule has 2 unspecified atom stereocenters. The van der Waals surface area contributed by atoms with Gasteiger partial charge in [-0.25, -0.2) is 14.7 Å². The van der Waals surface area contributed by atoms with E-state index in [4.69, 9.17) is 0 Å². The number of carbonyl (C=O) groups excluding carboxylic acids is 3. The Kier molecular flexibility index (Phi) is 8.51. The number of likely N-dealkylation sites (tertiary alicyclic amines) is 1. The van der Waals surface area contributed by atoms with Crippen molar-refractivity contribution in [2.45, 2.75) is 63.7 Å². The number of imide groups is 1. The summed E-state index contributed by atoms with van der Waals surface area (Å²) in [6.07, 6.45) is -1.56. The average Bonchev–Trinajstić information content (AvgIpc) is 3.01. The third-order valence-corrected chi connectivity index (χ3v) is 7.76. The number of nitrogens with one attached hydrogen (secondary N) is 1. The van der Waals surface area contributed by atoms with E-state index in [9.17, 15) is 27.6 Å². The Bertz CT molecular complexity index is 1290. The monoisotopic (exact) mass is 577 g/mol. The van der Waals surface area contributed by atoms with Crippen molar-refractivity contribution in [1.29, 1.82) is 0 Å². The molecule has 4 rings (SSSR count). The fraction of sp³-hybridized carbons (Fsp3) is 0.500. The Morgan fingerprint density at radius 3 is 2.42 bits per heavy atom. The molecule has 1 aromatic carbocycles. The lowest BCUT2D eigenvalue weighted by Crippen LogP contribution is -2.43. The molecule has 216 valence electrons. The first-order valence-electron chi connectivity index (χ1n) is 13.2. The molecule has 4 amide bonds. The van der Waals surface area contributed by atoms with E-state index in [-0.39, 0.29) is 23.0 Å². The first-order chi connectivity index (χ1) is 18.7. The van der Waals surface area contributed by atoms with Crippen molar-refractivity contribution in [2.24, 2.45) is 11.8 Å². The number of benzene rings is 1. The van der Waals surface area contributed by atoms with Crippen LogP contribution in [-0.4, -0.2) is 57.8 Å². The van der Waals surface area contributed by atoms with Crippen LogP contribution in [0.15, 0.2) is 41.4 Å². The standard InChI is InChI=1S/C28H34F3N5O3S/c1-17-11-18(2)15-34(14-17)10-8-24(37)33-23-12-19(7-9-32-23)16-35-26(39)36(25(38)27(35,3)4)21-6-5-20(13-22(21)40)28(29,30)31/h5-7,9,12-13,17-18,40H,8,10-11,14-16H2,1-4H3,(H,32,33,37). The molecular formula is C28H34F3N5O3S. The molecule has 0 spiro atoms. The number of amides is 4. The van der Waals surface area contributed by atoms with Crippen LogP contribution < -0.4 is 10.2 Å². The average molecular weight is 578 g/mol. The van der Waals surface area contributed by atoms with Crippen LogP contribution in [0.4, 0.5) is 29.5 Å². The van der Waals surface area contributed by atoms with Gasteiger partial charge >= 0.3 is 12.2 Å². The summed E-state index contributed by atoms with van der Waals surface area (Å²) in [5.74, 6) is 0.777. The van der Waals surface area contributed by atoms with Crippen LogP contribution in [0.3, 0.4) is 0 Å². The van der Waals surface area contributed by atoms with Gasteiger partial charge in [0.1, 0.15) is 11.4 Å². The van der Waals surface area contributed by atoms with Crippen molar-refractivity contribution >= 4 is 42.0 Å². The number of piperidine rings is 1. The van der Waals surface area contributed by atoms with E-state index < -0.39 is 29.2 Å². The van der Waals surface area contributed by atoms with Gasteiger partial charge in [-0.15, -0.1) is 12.6 Å². The lowest BCUT2D eigenvalue weighted by Gasteiger charge is -2.34. The first kappa shape index (κ1) is 29.9. The molecule has 2 fully saturated rings. The van der Waals surface area contributed by atoms with E-state index in [1.54, 1.807) is 26.0 Å². The summed E-state index contributed by atoms with van der Waals surface area (Å²) in [6, 6.07) is 5.31. The molecule has 0 bridgehead atoms. The van der Waals surface area contributed by atoms with E-state index in [1.165, 1.54) is 17.5 Å². The number of alkyl halides is 3. The second-order valence-corrected chi connectivity index (χ2v) is 11.8. The molecule has 12 heteroatoms. The van der Waals surface area contributed by atoms with Gasteiger partial charge in [-0.3, -0.25) is 9.59 Å². The van der Waals surface area contributed by atoms with Crippen LogP contribution in [0, 0.1) is 11.8 Å². The Hall–Kier alpha value is -3.12. The Morgan fingerprint density at radius 2 is 1.80 bits per heavy atom. The van der Waals surface area contributed by atoms with E-state index >= 15 is 0 Å². The van der Waals surface area contributed by atoms with Gasteiger partial charge in [0, 0.05) is 43.7 Å². The fourth-order valence-electron chi connectivity index (χ4n) is 5.47. The second-order valence-electron chi connectivity index (χ2n) is 11.3. The van der Waals surface area contributed by atoms with Crippen molar-refractivity contribution in [2.75, 3.05) is 29.9 Å². The van der Waals surface area contributed by atoms with Crippen molar-refractivity contribution < 1.29 is 27.6 Å². The van der Waals surface area contributed by atoms with Gasteiger partial charge in [0.05, 0.1) is 11.3 Å². The van der Waals surface area contributed by atoms with Crippen molar-refractivity contribution in [3.8, 4) is 0 Å². The number of thiol groups is 1. The molecule has 2 aliphatic heterocycles. The quantitative estimate of drug-likeness (QED) is 0.338. The number of hydrogen-bond acceptors (Lipinski definition) is 6. The van der Waals surface area contributed by atoms with Crippen molar-refractivity contribution in [3.63, 3.8) is 0 Å².